The molecule has 0 spiro atoms. The minimum atomic E-state index is -1.13. The minimum Gasteiger partial charge on any atom is -0.480 e. The second-order valence-electron chi connectivity index (χ2n) is 5.26. The molecule has 2 atom stereocenters. The molecule has 2 N–H and O–H groups in total. The molecule has 0 saturated heterocycles. The Morgan fingerprint density at radius 1 is 1.44 bits per heavy atom. The Morgan fingerprint density at radius 3 is 2.39 bits per heavy atom. The van der Waals surface area contributed by atoms with Gasteiger partial charge in [-0.15, -0.1) is 0 Å². The lowest BCUT2D eigenvalue weighted by Gasteiger charge is -2.14. The average molecular weight is 257 g/mol. The molecule has 1 aliphatic carbocycles. The summed E-state index contributed by atoms with van der Waals surface area (Å²) in [5, 5.41) is 11.4. The van der Waals surface area contributed by atoms with E-state index >= 15 is 0 Å². The second kappa shape index (κ2) is 5.37. The van der Waals surface area contributed by atoms with Crippen LogP contribution in [0.1, 0.15) is 33.1 Å². The van der Waals surface area contributed by atoms with Crippen molar-refractivity contribution < 1.29 is 24.2 Å². The highest BCUT2D eigenvalue weighted by molar-refractivity contribution is 5.87. The predicted molar refractivity (Wildman–Crippen MR) is 62.7 cm³/mol. The summed E-state index contributed by atoms with van der Waals surface area (Å²) in [5.41, 5.74) is -0.0461. The number of esters is 1. The van der Waals surface area contributed by atoms with E-state index in [1.807, 2.05) is 13.8 Å². The van der Waals surface area contributed by atoms with Gasteiger partial charge in [-0.3, -0.25) is 9.59 Å². The van der Waals surface area contributed by atoms with Crippen molar-refractivity contribution in [1.82, 2.24) is 5.32 Å². The van der Waals surface area contributed by atoms with E-state index in [2.05, 4.69) is 10.1 Å². The van der Waals surface area contributed by atoms with E-state index in [1.54, 1.807) is 0 Å². The Hall–Kier alpha value is -1.59. The zero-order chi connectivity index (χ0) is 13.9. The molecule has 102 valence electrons. The lowest BCUT2D eigenvalue weighted by atomic mass is 10.1. The molecule has 0 heterocycles. The van der Waals surface area contributed by atoms with Gasteiger partial charge >= 0.3 is 11.9 Å². The third-order valence-electron chi connectivity index (χ3n) is 3.31. The fraction of sp³-hybridized carbons (Fsp3) is 0.750. The van der Waals surface area contributed by atoms with Gasteiger partial charge in [-0.1, -0.05) is 13.8 Å². The van der Waals surface area contributed by atoms with Crippen molar-refractivity contribution in [3.8, 4) is 0 Å². The van der Waals surface area contributed by atoms with Crippen LogP contribution >= 0.6 is 0 Å². The largest absolute Gasteiger partial charge is 0.480 e. The van der Waals surface area contributed by atoms with Gasteiger partial charge in [0.15, 0.2) is 0 Å². The first-order valence-corrected chi connectivity index (χ1v) is 5.88. The van der Waals surface area contributed by atoms with Crippen LogP contribution < -0.4 is 5.32 Å². The van der Waals surface area contributed by atoms with Crippen molar-refractivity contribution in [3.63, 3.8) is 0 Å². The minimum absolute atomic E-state index is 0.0260. The quantitative estimate of drug-likeness (QED) is 0.678. The number of nitrogens with one attached hydrogen (secondary N) is 1. The van der Waals surface area contributed by atoms with Crippen molar-refractivity contribution in [2.45, 2.75) is 39.2 Å². The first kappa shape index (κ1) is 14.5. The van der Waals surface area contributed by atoms with Crippen LogP contribution in [0.25, 0.3) is 0 Å². The van der Waals surface area contributed by atoms with Gasteiger partial charge in [-0.2, -0.15) is 0 Å². The summed E-state index contributed by atoms with van der Waals surface area (Å²) >= 11 is 0. The number of rotatable bonds is 6. The van der Waals surface area contributed by atoms with Crippen molar-refractivity contribution in [3.05, 3.63) is 0 Å². The number of hydrogen-bond acceptors (Lipinski definition) is 4. The molecule has 0 bridgehead atoms. The Kier molecular flexibility index (Phi) is 4.32. The summed E-state index contributed by atoms with van der Waals surface area (Å²) in [6.45, 7) is 3.92. The normalized spacial score (nSPS) is 21.8. The highest BCUT2D eigenvalue weighted by Crippen LogP contribution is 2.51. The number of methoxy groups -OCH3 is 1. The summed E-state index contributed by atoms with van der Waals surface area (Å²) in [6.07, 6.45) is 0.783. The molecule has 0 aromatic carbocycles. The number of carbonyl (C=O) groups excluding carboxylic acids is 2. The smallest absolute Gasteiger partial charge is 0.326 e. The van der Waals surface area contributed by atoms with Crippen molar-refractivity contribution >= 4 is 17.8 Å². The van der Waals surface area contributed by atoms with Crippen LogP contribution in [0.3, 0.4) is 0 Å². The van der Waals surface area contributed by atoms with Gasteiger partial charge in [0.25, 0.3) is 0 Å². The Labute approximate surface area is 106 Å². The molecule has 0 radical (unpaired) electrons. The third-order valence-corrected chi connectivity index (χ3v) is 3.31. The fourth-order valence-corrected chi connectivity index (χ4v) is 1.81. The number of carboxylic acids is 1. The molecule has 1 saturated carbocycles. The number of aliphatic carboxylic acids is 1. The van der Waals surface area contributed by atoms with Gasteiger partial charge in [0.1, 0.15) is 6.04 Å². The summed E-state index contributed by atoms with van der Waals surface area (Å²) in [6, 6.07) is -1.03. The molecule has 2 unspecified atom stereocenters. The van der Waals surface area contributed by atoms with Crippen LogP contribution in [-0.2, 0) is 19.1 Å². The molecule has 18 heavy (non-hydrogen) atoms. The fourth-order valence-electron chi connectivity index (χ4n) is 1.81. The number of amides is 1. The summed E-state index contributed by atoms with van der Waals surface area (Å²) in [7, 11) is 1.24. The van der Waals surface area contributed by atoms with Crippen molar-refractivity contribution in [2.24, 2.45) is 11.3 Å². The lowest BCUT2D eigenvalue weighted by molar-refractivity contribution is -0.144. The topological polar surface area (TPSA) is 92.7 Å². The van der Waals surface area contributed by atoms with Crippen LogP contribution in [0.4, 0.5) is 0 Å². The first-order chi connectivity index (χ1) is 8.27. The maximum Gasteiger partial charge on any atom is 0.326 e. The zero-order valence-electron chi connectivity index (χ0n) is 10.9. The molecule has 0 aromatic rings. The van der Waals surface area contributed by atoms with Crippen LogP contribution in [0.5, 0.6) is 0 Å². The monoisotopic (exact) mass is 257 g/mol. The van der Waals surface area contributed by atoms with Gasteiger partial charge in [0.2, 0.25) is 5.91 Å². The third kappa shape index (κ3) is 3.72. The van der Waals surface area contributed by atoms with Crippen LogP contribution in [0.2, 0.25) is 0 Å². The van der Waals surface area contributed by atoms with E-state index in [1.165, 1.54) is 7.11 Å². The van der Waals surface area contributed by atoms with E-state index in [4.69, 9.17) is 5.11 Å². The zero-order valence-corrected chi connectivity index (χ0v) is 10.9. The Morgan fingerprint density at radius 2 is 2.00 bits per heavy atom. The van der Waals surface area contributed by atoms with Gasteiger partial charge in [-0.25, -0.2) is 4.79 Å². The number of carbonyl (C=O) groups is 3. The van der Waals surface area contributed by atoms with Gasteiger partial charge in [0, 0.05) is 12.3 Å². The van der Waals surface area contributed by atoms with E-state index < -0.39 is 18.0 Å². The van der Waals surface area contributed by atoms with E-state index in [0.717, 1.165) is 6.42 Å². The van der Waals surface area contributed by atoms with E-state index in [0.29, 0.717) is 0 Å². The van der Waals surface area contributed by atoms with Crippen LogP contribution in [-0.4, -0.2) is 36.1 Å². The molecule has 1 aliphatic rings. The molecule has 0 aliphatic heterocycles. The standard InChI is InChI=1S/C12H19NO5/c1-12(2)6-7(12)10(15)13-8(11(16)17)4-5-9(14)18-3/h7-8H,4-6H2,1-3H3,(H,13,15)(H,16,17). The van der Waals surface area contributed by atoms with Crippen molar-refractivity contribution in [1.29, 1.82) is 0 Å². The Balaban J connectivity index is 2.46. The summed E-state index contributed by atoms with van der Waals surface area (Å²) in [5.74, 6) is -2.00. The molecular weight excluding hydrogens is 238 g/mol. The van der Waals surface area contributed by atoms with E-state index in [9.17, 15) is 14.4 Å². The number of carboxylic acid groups (broad SMARTS) is 1. The molecule has 6 nitrogen and oxygen atoms in total. The highest BCUT2D eigenvalue weighted by atomic mass is 16.5. The van der Waals surface area contributed by atoms with Gasteiger partial charge < -0.3 is 15.2 Å². The summed E-state index contributed by atoms with van der Waals surface area (Å²) < 4.78 is 4.43. The molecule has 0 aromatic heterocycles. The van der Waals surface area contributed by atoms with Crippen LogP contribution in [0, 0.1) is 11.3 Å². The van der Waals surface area contributed by atoms with Crippen molar-refractivity contribution in [2.75, 3.05) is 7.11 Å². The summed E-state index contributed by atoms with van der Waals surface area (Å²) in [4.78, 5) is 33.7. The molecule has 1 rings (SSSR count). The van der Waals surface area contributed by atoms with Crippen LogP contribution in [0.15, 0.2) is 0 Å². The van der Waals surface area contributed by atoms with E-state index in [-0.39, 0.29) is 30.1 Å². The molecular formula is C12H19NO5. The molecule has 1 fully saturated rings. The number of hydrogen-bond donors (Lipinski definition) is 2. The number of ether oxygens (including phenoxy) is 1. The first-order valence-electron chi connectivity index (χ1n) is 5.88. The molecule has 6 heteroatoms. The maximum atomic E-state index is 11.8. The maximum absolute atomic E-state index is 11.8. The molecule has 1 amide bonds. The Bertz CT molecular complexity index is 363. The second-order valence-corrected chi connectivity index (χ2v) is 5.26. The lowest BCUT2D eigenvalue weighted by Crippen LogP contribution is -2.42. The van der Waals surface area contributed by atoms with Gasteiger partial charge in [-0.05, 0) is 18.3 Å². The van der Waals surface area contributed by atoms with Gasteiger partial charge in [0.05, 0.1) is 7.11 Å². The average Bonchev–Trinajstić information content (AvgIpc) is 2.92. The SMILES string of the molecule is COC(=O)CCC(NC(=O)C1CC1(C)C)C(=O)O. The highest BCUT2D eigenvalue weighted by Gasteiger charge is 2.51. The predicted octanol–water partition coefficient (Wildman–Crippen LogP) is 0.555.